The Morgan fingerprint density at radius 3 is 2.67 bits per heavy atom. The van der Waals surface area contributed by atoms with Crippen LogP contribution in [-0.2, 0) is 6.61 Å². The van der Waals surface area contributed by atoms with Crippen LogP contribution >= 0.6 is 0 Å². The first-order valence-corrected chi connectivity index (χ1v) is 7.15. The summed E-state index contributed by atoms with van der Waals surface area (Å²) < 4.78 is 10.5. The van der Waals surface area contributed by atoms with Gasteiger partial charge in [-0.05, 0) is 24.6 Å². The van der Waals surface area contributed by atoms with E-state index in [9.17, 15) is 15.0 Å². The van der Waals surface area contributed by atoms with Gasteiger partial charge in [-0.3, -0.25) is 9.78 Å². The molecule has 3 aromatic rings. The summed E-state index contributed by atoms with van der Waals surface area (Å²) in [5, 5.41) is 26.3. The fraction of sp³-hybridized carbons (Fsp3) is 0.188. The van der Waals surface area contributed by atoms with Crippen molar-refractivity contribution in [2.24, 2.45) is 0 Å². The van der Waals surface area contributed by atoms with Crippen LogP contribution in [0.5, 0.6) is 5.75 Å². The predicted octanol–water partition coefficient (Wildman–Crippen LogP) is 1.73. The highest BCUT2D eigenvalue weighted by Crippen LogP contribution is 2.31. The molecule has 3 rings (SSSR count). The van der Waals surface area contributed by atoms with Crippen molar-refractivity contribution in [1.29, 1.82) is 0 Å². The van der Waals surface area contributed by atoms with E-state index in [-0.39, 0.29) is 11.5 Å². The van der Waals surface area contributed by atoms with Crippen LogP contribution in [0.25, 0.3) is 0 Å². The first-order valence-electron chi connectivity index (χ1n) is 7.15. The number of nitrogens with zero attached hydrogens (tertiary/aromatic N) is 2. The third kappa shape index (κ3) is 3.13. The quantitative estimate of drug-likeness (QED) is 0.647. The molecule has 1 atom stereocenters. The number of pyridine rings is 1. The lowest BCUT2D eigenvalue weighted by Gasteiger charge is -2.18. The van der Waals surface area contributed by atoms with E-state index in [0.717, 1.165) is 6.07 Å². The van der Waals surface area contributed by atoms with E-state index in [0.29, 0.717) is 17.1 Å². The van der Waals surface area contributed by atoms with E-state index in [4.69, 9.17) is 8.94 Å². The van der Waals surface area contributed by atoms with Crippen LogP contribution in [-0.4, -0.2) is 20.4 Å². The Labute approximate surface area is 136 Å². The maximum absolute atomic E-state index is 11.9. The molecule has 8 nitrogen and oxygen atoms in total. The molecule has 3 N–H and O–H groups in total. The highest BCUT2D eigenvalue weighted by Gasteiger charge is 2.24. The van der Waals surface area contributed by atoms with E-state index in [1.54, 1.807) is 37.5 Å². The number of aliphatic hydroxyl groups is 1. The average Bonchev–Trinajstić information content (AvgIpc) is 3.01. The van der Waals surface area contributed by atoms with E-state index in [1.165, 1.54) is 0 Å². The zero-order valence-corrected chi connectivity index (χ0v) is 12.8. The average molecular weight is 329 g/mol. The van der Waals surface area contributed by atoms with E-state index in [2.05, 4.69) is 15.5 Å². The van der Waals surface area contributed by atoms with Gasteiger partial charge in [0.25, 0.3) is 0 Å². The summed E-state index contributed by atoms with van der Waals surface area (Å²) in [6.07, 6.45) is 3.15. The second-order valence-electron chi connectivity index (χ2n) is 5.13. The maximum Gasteiger partial charge on any atom is 0.227 e. The number of aromatic nitrogens is 2. The van der Waals surface area contributed by atoms with Crippen LogP contribution in [0, 0.1) is 6.92 Å². The SMILES string of the molecule is Cc1cc(NC(c2ccncc2)c2oc(CO)cc(=O)c2O)no1. The summed E-state index contributed by atoms with van der Waals surface area (Å²) in [6.45, 7) is 1.28. The zero-order chi connectivity index (χ0) is 17.1. The van der Waals surface area contributed by atoms with Crippen molar-refractivity contribution < 1.29 is 19.2 Å². The first kappa shape index (κ1) is 15.8. The van der Waals surface area contributed by atoms with Crippen LogP contribution in [0.3, 0.4) is 0 Å². The highest BCUT2D eigenvalue weighted by atomic mass is 16.5. The van der Waals surface area contributed by atoms with Gasteiger partial charge in [-0.25, -0.2) is 0 Å². The highest BCUT2D eigenvalue weighted by molar-refractivity contribution is 5.44. The smallest absolute Gasteiger partial charge is 0.227 e. The van der Waals surface area contributed by atoms with Crippen molar-refractivity contribution >= 4 is 5.82 Å². The summed E-state index contributed by atoms with van der Waals surface area (Å²) >= 11 is 0. The Balaban J connectivity index is 2.11. The van der Waals surface area contributed by atoms with Gasteiger partial charge in [0.05, 0.1) is 0 Å². The molecule has 3 aromatic heterocycles. The second-order valence-corrected chi connectivity index (χ2v) is 5.13. The van der Waals surface area contributed by atoms with Crippen molar-refractivity contribution in [2.45, 2.75) is 19.6 Å². The molecule has 0 radical (unpaired) electrons. The van der Waals surface area contributed by atoms with Gasteiger partial charge in [0.1, 0.15) is 24.2 Å². The van der Waals surface area contributed by atoms with Crippen molar-refractivity contribution in [2.75, 3.05) is 5.32 Å². The van der Waals surface area contributed by atoms with E-state index in [1.807, 2.05) is 0 Å². The lowest BCUT2D eigenvalue weighted by Crippen LogP contribution is -2.16. The molecule has 8 heteroatoms. The summed E-state index contributed by atoms with van der Waals surface area (Å²) in [6, 6.07) is 5.39. The third-order valence-corrected chi connectivity index (χ3v) is 3.38. The van der Waals surface area contributed by atoms with Gasteiger partial charge in [0, 0.05) is 24.5 Å². The van der Waals surface area contributed by atoms with Gasteiger partial charge in [0.15, 0.2) is 11.6 Å². The lowest BCUT2D eigenvalue weighted by atomic mass is 10.0. The Bertz CT molecular complexity index is 888. The number of hydrogen-bond acceptors (Lipinski definition) is 8. The van der Waals surface area contributed by atoms with Gasteiger partial charge >= 0.3 is 0 Å². The Hall–Kier alpha value is -3.13. The topological polar surface area (TPSA) is 122 Å². The van der Waals surface area contributed by atoms with Crippen LogP contribution in [0.4, 0.5) is 5.82 Å². The fourth-order valence-electron chi connectivity index (χ4n) is 2.27. The number of rotatable bonds is 5. The predicted molar refractivity (Wildman–Crippen MR) is 83.5 cm³/mol. The molecule has 0 aliphatic rings. The van der Waals surface area contributed by atoms with Crippen LogP contribution in [0.1, 0.15) is 28.9 Å². The molecule has 124 valence electrons. The van der Waals surface area contributed by atoms with Gasteiger partial charge < -0.3 is 24.5 Å². The van der Waals surface area contributed by atoms with Crippen LogP contribution in [0.2, 0.25) is 0 Å². The number of aromatic hydroxyl groups is 1. The number of nitrogens with one attached hydrogen (secondary N) is 1. The molecule has 0 aliphatic carbocycles. The summed E-state index contributed by atoms with van der Waals surface area (Å²) in [5.41, 5.74) is 0.0386. The molecular formula is C16H15N3O5. The molecule has 0 saturated carbocycles. The Kier molecular flexibility index (Phi) is 4.30. The molecule has 0 aromatic carbocycles. The molecule has 0 spiro atoms. The molecule has 0 bridgehead atoms. The molecule has 0 saturated heterocycles. The number of anilines is 1. The van der Waals surface area contributed by atoms with Crippen molar-refractivity contribution in [3.05, 3.63) is 69.7 Å². The summed E-state index contributed by atoms with van der Waals surface area (Å²) in [5.74, 6) is 0.483. The molecule has 0 amide bonds. The van der Waals surface area contributed by atoms with Gasteiger partial charge in [-0.2, -0.15) is 0 Å². The first-order chi connectivity index (χ1) is 11.6. The molecular weight excluding hydrogens is 314 g/mol. The third-order valence-electron chi connectivity index (χ3n) is 3.38. The monoisotopic (exact) mass is 329 g/mol. The largest absolute Gasteiger partial charge is 0.502 e. The molecule has 3 heterocycles. The Morgan fingerprint density at radius 1 is 1.29 bits per heavy atom. The maximum atomic E-state index is 11.9. The number of aliphatic hydroxyl groups excluding tert-OH is 1. The van der Waals surface area contributed by atoms with Crippen molar-refractivity contribution in [3.63, 3.8) is 0 Å². The Morgan fingerprint density at radius 2 is 2.04 bits per heavy atom. The molecule has 0 fully saturated rings. The second kappa shape index (κ2) is 6.55. The van der Waals surface area contributed by atoms with Gasteiger partial charge in [-0.1, -0.05) is 5.16 Å². The summed E-state index contributed by atoms with van der Waals surface area (Å²) in [7, 11) is 0. The van der Waals surface area contributed by atoms with Gasteiger partial charge in [0.2, 0.25) is 11.2 Å². The zero-order valence-electron chi connectivity index (χ0n) is 12.8. The minimum absolute atomic E-state index is 0.0293. The summed E-state index contributed by atoms with van der Waals surface area (Å²) in [4.78, 5) is 15.9. The van der Waals surface area contributed by atoms with Gasteiger partial charge in [-0.15, -0.1) is 0 Å². The normalized spacial score (nSPS) is 12.1. The molecule has 24 heavy (non-hydrogen) atoms. The lowest BCUT2D eigenvalue weighted by molar-refractivity contribution is 0.234. The van der Waals surface area contributed by atoms with Crippen LogP contribution in [0.15, 0.2) is 50.4 Å². The van der Waals surface area contributed by atoms with E-state index >= 15 is 0 Å². The number of hydrogen-bond donors (Lipinski definition) is 3. The fourth-order valence-corrected chi connectivity index (χ4v) is 2.27. The van der Waals surface area contributed by atoms with Crippen LogP contribution < -0.4 is 10.7 Å². The molecule has 1 unspecified atom stereocenters. The molecule has 0 aliphatic heterocycles. The minimum atomic E-state index is -0.725. The number of aryl methyl sites for hydroxylation is 1. The van der Waals surface area contributed by atoms with E-state index < -0.39 is 23.8 Å². The minimum Gasteiger partial charge on any atom is -0.502 e. The van der Waals surface area contributed by atoms with Crippen molar-refractivity contribution in [1.82, 2.24) is 10.1 Å². The standard InChI is InChI=1S/C16H15N3O5/c1-9-6-13(19-24-9)18-14(10-2-4-17-5-3-10)16-15(22)12(21)7-11(8-20)23-16/h2-7,14,20,22H,8H2,1H3,(H,18,19). The van der Waals surface area contributed by atoms with Crippen molar-refractivity contribution in [3.8, 4) is 5.75 Å².